The maximum absolute atomic E-state index is 9.50. The summed E-state index contributed by atoms with van der Waals surface area (Å²) in [5, 5.41) is 21.9. The van der Waals surface area contributed by atoms with Crippen LogP contribution in [-0.4, -0.2) is 22.0 Å². The van der Waals surface area contributed by atoms with Gasteiger partial charge in [0.15, 0.2) is 0 Å². The van der Waals surface area contributed by atoms with E-state index in [1.807, 2.05) is 6.07 Å². The average Bonchev–Trinajstić information content (AvgIpc) is 2.74. The first-order valence-electron chi connectivity index (χ1n) is 4.81. The number of anilines is 1. The Kier molecular flexibility index (Phi) is 2.89. The number of aliphatic hydroxyl groups excluding tert-OH is 2. The minimum atomic E-state index is -0.888. The first kappa shape index (κ1) is 10.7. The summed E-state index contributed by atoms with van der Waals surface area (Å²) >= 11 is 0. The third-order valence-electron chi connectivity index (χ3n) is 2.35. The first-order chi connectivity index (χ1) is 7.72. The van der Waals surface area contributed by atoms with Gasteiger partial charge in [-0.2, -0.15) is 0 Å². The fourth-order valence-electron chi connectivity index (χ4n) is 1.48. The highest BCUT2D eigenvalue weighted by molar-refractivity contribution is 5.72. The number of aromatic nitrogens is 1. The zero-order chi connectivity index (χ0) is 11.5. The lowest BCUT2D eigenvalue weighted by atomic mass is 10.0. The monoisotopic (exact) mass is 220 g/mol. The average molecular weight is 220 g/mol. The summed E-state index contributed by atoms with van der Waals surface area (Å²) in [4.78, 5) is 0. The van der Waals surface area contributed by atoms with Gasteiger partial charge in [0.05, 0.1) is 18.4 Å². The molecule has 4 N–H and O–H groups in total. The Morgan fingerprint density at radius 3 is 2.88 bits per heavy atom. The molecule has 0 radical (unpaired) electrons. The summed E-state index contributed by atoms with van der Waals surface area (Å²) in [7, 11) is 0. The molecule has 5 heteroatoms. The Morgan fingerprint density at radius 1 is 1.44 bits per heavy atom. The standard InChI is InChI=1S/C11H12N2O3/c12-11-9(5-13-16-11)7-2-1-3-8(4-7)10(15)6-14/h1-5,10,14-15H,6,12H2. The number of nitrogen functional groups attached to an aromatic ring is 1. The largest absolute Gasteiger partial charge is 0.393 e. The Bertz CT molecular complexity index is 482. The van der Waals surface area contributed by atoms with Crippen molar-refractivity contribution in [1.29, 1.82) is 0 Å². The third kappa shape index (κ3) is 1.91. The lowest BCUT2D eigenvalue weighted by Crippen LogP contribution is -2.02. The first-order valence-corrected chi connectivity index (χ1v) is 4.81. The van der Waals surface area contributed by atoms with E-state index in [0.717, 1.165) is 5.56 Å². The van der Waals surface area contributed by atoms with Crippen LogP contribution in [0.4, 0.5) is 5.88 Å². The van der Waals surface area contributed by atoms with Gasteiger partial charge >= 0.3 is 0 Å². The van der Waals surface area contributed by atoms with E-state index >= 15 is 0 Å². The molecule has 0 amide bonds. The highest BCUT2D eigenvalue weighted by atomic mass is 16.5. The van der Waals surface area contributed by atoms with Crippen LogP contribution in [-0.2, 0) is 0 Å². The zero-order valence-electron chi connectivity index (χ0n) is 8.50. The highest BCUT2D eigenvalue weighted by Gasteiger charge is 2.10. The molecule has 0 aliphatic carbocycles. The second-order valence-electron chi connectivity index (χ2n) is 3.43. The van der Waals surface area contributed by atoms with E-state index < -0.39 is 6.10 Å². The van der Waals surface area contributed by atoms with Crippen LogP contribution in [0.3, 0.4) is 0 Å². The topological polar surface area (TPSA) is 92.5 Å². The second kappa shape index (κ2) is 4.34. The smallest absolute Gasteiger partial charge is 0.229 e. The molecule has 0 spiro atoms. The van der Waals surface area contributed by atoms with Gasteiger partial charge in [0.1, 0.15) is 6.10 Å². The van der Waals surface area contributed by atoms with Crippen molar-refractivity contribution in [2.75, 3.05) is 12.3 Å². The Balaban J connectivity index is 2.40. The molecule has 0 bridgehead atoms. The molecule has 16 heavy (non-hydrogen) atoms. The molecule has 0 fully saturated rings. The normalized spacial score (nSPS) is 12.6. The number of benzene rings is 1. The number of hydrogen-bond acceptors (Lipinski definition) is 5. The summed E-state index contributed by atoms with van der Waals surface area (Å²) in [5.74, 6) is 0.232. The fraction of sp³-hybridized carbons (Fsp3) is 0.182. The molecule has 2 aromatic rings. The lowest BCUT2D eigenvalue weighted by molar-refractivity contribution is 0.0956. The number of hydrogen-bond donors (Lipinski definition) is 3. The van der Waals surface area contributed by atoms with Crippen molar-refractivity contribution in [3.05, 3.63) is 36.0 Å². The summed E-state index contributed by atoms with van der Waals surface area (Å²) in [6.45, 7) is -0.317. The van der Waals surface area contributed by atoms with Gasteiger partial charge in [-0.05, 0) is 17.2 Å². The van der Waals surface area contributed by atoms with Gasteiger partial charge in [-0.25, -0.2) is 0 Å². The van der Waals surface area contributed by atoms with E-state index in [1.54, 1.807) is 18.2 Å². The van der Waals surface area contributed by atoms with Crippen molar-refractivity contribution in [3.8, 4) is 11.1 Å². The summed E-state index contributed by atoms with van der Waals surface area (Å²) in [5.41, 5.74) is 7.68. The molecule has 5 nitrogen and oxygen atoms in total. The number of rotatable bonds is 3. The van der Waals surface area contributed by atoms with Crippen molar-refractivity contribution in [2.24, 2.45) is 0 Å². The maximum Gasteiger partial charge on any atom is 0.229 e. The van der Waals surface area contributed by atoms with Gasteiger partial charge in [0, 0.05) is 0 Å². The molecule has 84 valence electrons. The van der Waals surface area contributed by atoms with E-state index in [4.69, 9.17) is 15.4 Å². The van der Waals surface area contributed by atoms with Crippen LogP contribution < -0.4 is 5.73 Å². The number of nitrogens with zero attached hydrogens (tertiary/aromatic N) is 1. The van der Waals surface area contributed by atoms with Crippen molar-refractivity contribution < 1.29 is 14.7 Å². The Morgan fingerprint density at radius 2 is 2.25 bits per heavy atom. The van der Waals surface area contributed by atoms with E-state index in [1.165, 1.54) is 6.20 Å². The van der Waals surface area contributed by atoms with Crippen LogP contribution in [0.25, 0.3) is 11.1 Å². The Labute approximate surface area is 92.1 Å². The summed E-state index contributed by atoms with van der Waals surface area (Å²) in [6.07, 6.45) is 0.626. The van der Waals surface area contributed by atoms with E-state index in [2.05, 4.69) is 5.16 Å². The molecule has 1 aromatic carbocycles. The molecular formula is C11H12N2O3. The van der Waals surface area contributed by atoms with Crippen molar-refractivity contribution in [1.82, 2.24) is 5.16 Å². The molecule has 0 saturated heterocycles. The molecule has 0 saturated carbocycles. The number of nitrogens with two attached hydrogens (primary N) is 1. The predicted octanol–water partition coefficient (Wildman–Crippen LogP) is 0.949. The van der Waals surface area contributed by atoms with Crippen LogP contribution >= 0.6 is 0 Å². The minimum Gasteiger partial charge on any atom is -0.393 e. The van der Waals surface area contributed by atoms with E-state index in [-0.39, 0.29) is 12.5 Å². The van der Waals surface area contributed by atoms with Crippen LogP contribution in [0, 0.1) is 0 Å². The zero-order valence-corrected chi connectivity index (χ0v) is 8.50. The van der Waals surface area contributed by atoms with Crippen LogP contribution in [0.5, 0.6) is 0 Å². The molecule has 0 aliphatic rings. The van der Waals surface area contributed by atoms with Crippen molar-refractivity contribution >= 4 is 5.88 Å². The third-order valence-corrected chi connectivity index (χ3v) is 2.35. The molecular weight excluding hydrogens is 208 g/mol. The SMILES string of the molecule is Nc1oncc1-c1cccc(C(O)CO)c1. The van der Waals surface area contributed by atoms with Gasteiger partial charge in [-0.3, -0.25) is 0 Å². The van der Waals surface area contributed by atoms with Gasteiger partial charge in [-0.1, -0.05) is 23.4 Å². The maximum atomic E-state index is 9.50. The van der Waals surface area contributed by atoms with Gasteiger partial charge in [-0.15, -0.1) is 0 Å². The molecule has 1 unspecified atom stereocenters. The van der Waals surface area contributed by atoms with Crippen LogP contribution in [0.2, 0.25) is 0 Å². The minimum absolute atomic E-state index is 0.232. The molecule has 2 rings (SSSR count). The fourth-order valence-corrected chi connectivity index (χ4v) is 1.48. The van der Waals surface area contributed by atoms with Gasteiger partial charge in [0.2, 0.25) is 5.88 Å². The summed E-state index contributed by atoms with van der Waals surface area (Å²) < 4.78 is 4.76. The van der Waals surface area contributed by atoms with Crippen molar-refractivity contribution in [3.63, 3.8) is 0 Å². The second-order valence-corrected chi connectivity index (χ2v) is 3.43. The van der Waals surface area contributed by atoms with E-state index in [0.29, 0.717) is 11.1 Å². The number of aliphatic hydroxyl groups is 2. The van der Waals surface area contributed by atoms with Crippen molar-refractivity contribution in [2.45, 2.75) is 6.10 Å². The summed E-state index contributed by atoms with van der Waals surface area (Å²) in [6, 6.07) is 7.07. The molecule has 1 heterocycles. The predicted molar refractivity (Wildman–Crippen MR) is 58.4 cm³/mol. The van der Waals surface area contributed by atoms with Crippen LogP contribution in [0.15, 0.2) is 35.0 Å². The molecule has 0 aliphatic heterocycles. The molecule has 1 aromatic heterocycles. The van der Waals surface area contributed by atoms with Gasteiger partial charge in [0.25, 0.3) is 0 Å². The van der Waals surface area contributed by atoms with Gasteiger partial charge < -0.3 is 20.5 Å². The molecule has 1 atom stereocenters. The van der Waals surface area contributed by atoms with Crippen LogP contribution in [0.1, 0.15) is 11.7 Å². The lowest BCUT2D eigenvalue weighted by Gasteiger charge is -2.08. The quantitative estimate of drug-likeness (QED) is 0.716. The van der Waals surface area contributed by atoms with E-state index in [9.17, 15) is 5.11 Å². The highest BCUT2D eigenvalue weighted by Crippen LogP contribution is 2.27. The Hall–Kier alpha value is -1.85.